The summed E-state index contributed by atoms with van der Waals surface area (Å²) in [6.45, 7) is 0.298. The number of benzene rings is 1. The van der Waals surface area contributed by atoms with E-state index in [1.807, 2.05) is 0 Å². The van der Waals surface area contributed by atoms with E-state index in [4.69, 9.17) is 4.74 Å². The zero-order valence-electron chi connectivity index (χ0n) is 13.1. The van der Waals surface area contributed by atoms with Crippen molar-refractivity contribution in [3.63, 3.8) is 0 Å². The third-order valence-electron chi connectivity index (χ3n) is 3.83. The lowest BCUT2D eigenvalue weighted by molar-refractivity contribution is 0.0765. The predicted molar refractivity (Wildman–Crippen MR) is 85.3 cm³/mol. The third-order valence-corrected chi connectivity index (χ3v) is 3.83. The van der Waals surface area contributed by atoms with Gasteiger partial charge < -0.3 is 15.0 Å². The number of anilines is 1. The van der Waals surface area contributed by atoms with Crippen LogP contribution in [-0.4, -0.2) is 35.9 Å². The van der Waals surface area contributed by atoms with E-state index in [1.54, 1.807) is 48.5 Å². The molecule has 7 heteroatoms. The minimum absolute atomic E-state index is 0.0399. The van der Waals surface area contributed by atoms with Gasteiger partial charge in [-0.15, -0.1) is 0 Å². The van der Waals surface area contributed by atoms with Crippen LogP contribution in [0, 0.1) is 0 Å². The fourth-order valence-electron chi connectivity index (χ4n) is 2.70. The standard InChI is InChI=1S/C17H17F2N3O2/c1-20-16-14-9-22(17(23)13(14)6-7-21-16)8-11-2-4-12(5-3-11)24-10-15(18)19/h2-7,15H,8-10H2,1H3,(H,20,21). The number of rotatable bonds is 6. The van der Waals surface area contributed by atoms with Crippen molar-refractivity contribution in [3.8, 4) is 5.75 Å². The number of aromatic nitrogens is 1. The summed E-state index contributed by atoms with van der Waals surface area (Å²) in [7, 11) is 1.77. The first-order chi connectivity index (χ1) is 11.6. The minimum Gasteiger partial charge on any atom is -0.488 e. The Morgan fingerprint density at radius 2 is 2.04 bits per heavy atom. The number of alkyl halides is 2. The van der Waals surface area contributed by atoms with Gasteiger partial charge in [0.2, 0.25) is 0 Å². The summed E-state index contributed by atoms with van der Waals surface area (Å²) in [4.78, 5) is 18.4. The molecule has 1 amide bonds. The minimum atomic E-state index is -2.50. The first-order valence-electron chi connectivity index (χ1n) is 7.53. The number of carbonyl (C=O) groups excluding carboxylic acids is 1. The molecule has 0 unspecified atom stereocenters. The summed E-state index contributed by atoms with van der Waals surface area (Å²) in [6, 6.07) is 8.53. The maximum absolute atomic E-state index is 12.5. The van der Waals surface area contributed by atoms with Crippen molar-refractivity contribution in [1.29, 1.82) is 0 Å². The number of nitrogens with zero attached hydrogens (tertiary/aromatic N) is 2. The van der Waals surface area contributed by atoms with Crippen molar-refractivity contribution in [1.82, 2.24) is 9.88 Å². The van der Waals surface area contributed by atoms with E-state index in [1.165, 1.54) is 0 Å². The molecule has 0 saturated carbocycles. The number of hydrogen-bond acceptors (Lipinski definition) is 4. The van der Waals surface area contributed by atoms with Crippen LogP contribution in [0.25, 0.3) is 0 Å². The van der Waals surface area contributed by atoms with Crippen LogP contribution in [0.4, 0.5) is 14.6 Å². The van der Waals surface area contributed by atoms with Gasteiger partial charge in [-0.2, -0.15) is 0 Å². The summed E-state index contributed by atoms with van der Waals surface area (Å²) in [5.41, 5.74) is 2.45. The van der Waals surface area contributed by atoms with Crippen LogP contribution in [0.15, 0.2) is 36.5 Å². The number of ether oxygens (including phenoxy) is 1. The van der Waals surface area contributed by atoms with E-state index < -0.39 is 13.0 Å². The molecular formula is C17H17F2N3O2. The molecule has 2 heterocycles. The number of nitrogens with one attached hydrogen (secondary N) is 1. The van der Waals surface area contributed by atoms with Gasteiger partial charge in [-0.1, -0.05) is 12.1 Å². The Bertz CT molecular complexity index is 735. The van der Waals surface area contributed by atoms with E-state index in [2.05, 4.69) is 10.3 Å². The van der Waals surface area contributed by atoms with Crippen LogP contribution in [-0.2, 0) is 13.1 Å². The maximum Gasteiger partial charge on any atom is 0.272 e. The molecule has 0 spiro atoms. The SMILES string of the molecule is CNc1nccc2c1CN(Cc1ccc(OCC(F)F)cc1)C2=O. The largest absolute Gasteiger partial charge is 0.488 e. The second-order valence-corrected chi connectivity index (χ2v) is 5.44. The molecule has 126 valence electrons. The van der Waals surface area contributed by atoms with Gasteiger partial charge in [0.15, 0.2) is 0 Å². The van der Waals surface area contributed by atoms with Crippen LogP contribution in [0.2, 0.25) is 0 Å². The molecule has 1 aliphatic heterocycles. The zero-order chi connectivity index (χ0) is 17.1. The van der Waals surface area contributed by atoms with Crippen LogP contribution < -0.4 is 10.1 Å². The van der Waals surface area contributed by atoms with Gasteiger partial charge in [0, 0.05) is 30.9 Å². The summed E-state index contributed by atoms with van der Waals surface area (Å²) in [5.74, 6) is 1.05. The first-order valence-corrected chi connectivity index (χ1v) is 7.53. The Labute approximate surface area is 138 Å². The highest BCUT2D eigenvalue weighted by Crippen LogP contribution is 2.28. The quantitative estimate of drug-likeness (QED) is 0.883. The molecule has 3 rings (SSSR count). The molecule has 0 bridgehead atoms. The van der Waals surface area contributed by atoms with Gasteiger partial charge >= 0.3 is 0 Å². The normalized spacial score (nSPS) is 13.3. The second-order valence-electron chi connectivity index (χ2n) is 5.44. The fraction of sp³-hybridized carbons (Fsp3) is 0.294. The molecule has 0 radical (unpaired) electrons. The Morgan fingerprint density at radius 1 is 1.29 bits per heavy atom. The summed E-state index contributed by atoms with van der Waals surface area (Å²) in [5, 5.41) is 3.00. The van der Waals surface area contributed by atoms with Crippen LogP contribution in [0.5, 0.6) is 5.75 Å². The highest BCUT2D eigenvalue weighted by Gasteiger charge is 2.29. The van der Waals surface area contributed by atoms with Crippen LogP contribution in [0.3, 0.4) is 0 Å². The van der Waals surface area contributed by atoms with Crippen LogP contribution in [0.1, 0.15) is 21.5 Å². The van der Waals surface area contributed by atoms with Gasteiger partial charge in [0.1, 0.15) is 18.2 Å². The van der Waals surface area contributed by atoms with E-state index in [0.29, 0.717) is 30.2 Å². The summed E-state index contributed by atoms with van der Waals surface area (Å²) >= 11 is 0. The number of amides is 1. The lowest BCUT2D eigenvalue weighted by atomic mass is 10.1. The van der Waals surface area contributed by atoms with E-state index in [-0.39, 0.29) is 5.91 Å². The molecule has 2 aromatic rings. The van der Waals surface area contributed by atoms with E-state index in [9.17, 15) is 13.6 Å². The molecule has 1 aromatic heterocycles. The number of pyridine rings is 1. The Morgan fingerprint density at radius 3 is 2.71 bits per heavy atom. The second kappa shape index (κ2) is 6.82. The van der Waals surface area contributed by atoms with Crippen molar-refractivity contribution >= 4 is 11.7 Å². The Hall–Kier alpha value is -2.70. The molecule has 24 heavy (non-hydrogen) atoms. The molecular weight excluding hydrogens is 316 g/mol. The Kier molecular flexibility index (Phi) is 4.59. The number of hydrogen-bond donors (Lipinski definition) is 1. The molecule has 5 nitrogen and oxygen atoms in total. The van der Waals surface area contributed by atoms with E-state index >= 15 is 0 Å². The van der Waals surface area contributed by atoms with Crippen molar-refractivity contribution < 1.29 is 18.3 Å². The molecule has 0 fully saturated rings. The molecule has 0 aliphatic carbocycles. The van der Waals surface area contributed by atoms with Crippen molar-refractivity contribution in [2.24, 2.45) is 0 Å². The first kappa shape index (κ1) is 16.2. The van der Waals surface area contributed by atoms with Gasteiger partial charge in [-0.3, -0.25) is 4.79 Å². The molecule has 1 aromatic carbocycles. The smallest absolute Gasteiger partial charge is 0.272 e. The number of carbonyl (C=O) groups is 1. The highest BCUT2D eigenvalue weighted by molar-refractivity contribution is 5.99. The van der Waals surface area contributed by atoms with Crippen molar-refractivity contribution in [2.45, 2.75) is 19.5 Å². The molecule has 1 aliphatic rings. The average Bonchev–Trinajstić information content (AvgIpc) is 2.90. The predicted octanol–water partition coefficient (Wildman–Crippen LogP) is 2.92. The lowest BCUT2D eigenvalue weighted by Gasteiger charge is -2.16. The van der Waals surface area contributed by atoms with Crippen molar-refractivity contribution in [3.05, 3.63) is 53.2 Å². The van der Waals surface area contributed by atoms with Gasteiger partial charge in [0.25, 0.3) is 12.3 Å². The zero-order valence-corrected chi connectivity index (χ0v) is 13.1. The topological polar surface area (TPSA) is 54.5 Å². The summed E-state index contributed by atoms with van der Waals surface area (Å²) in [6.07, 6.45) is -0.887. The average molecular weight is 333 g/mol. The van der Waals surface area contributed by atoms with Gasteiger partial charge in [-0.25, -0.2) is 13.8 Å². The lowest BCUT2D eigenvalue weighted by Crippen LogP contribution is -2.23. The molecule has 1 N–H and O–H groups in total. The van der Waals surface area contributed by atoms with Crippen LogP contribution >= 0.6 is 0 Å². The molecule has 0 saturated heterocycles. The third kappa shape index (κ3) is 3.29. The fourth-order valence-corrected chi connectivity index (χ4v) is 2.70. The monoisotopic (exact) mass is 333 g/mol. The highest BCUT2D eigenvalue weighted by atomic mass is 19.3. The van der Waals surface area contributed by atoms with Gasteiger partial charge in [0.05, 0.1) is 6.54 Å². The van der Waals surface area contributed by atoms with Gasteiger partial charge in [-0.05, 0) is 23.8 Å². The van der Waals surface area contributed by atoms with Crippen molar-refractivity contribution in [2.75, 3.05) is 19.0 Å². The van der Waals surface area contributed by atoms with E-state index in [0.717, 1.165) is 11.1 Å². The number of fused-ring (bicyclic) bond motifs is 1. The summed E-state index contributed by atoms with van der Waals surface area (Å²) < 4.78 is 29.2. The number of halogens is 2. The maximum atomic E-state index is 12.5. The molecule has 0 atom stereocenters. The Balaban J connectivity index is 1.68.